The van der Waals surface area contributed by atoms with E-state index in [1.165, 1.54) is 6.33 Å². The van der Waals surface area contributed by atoms with Gasteiger partial charge in [-0.2, -0.15) is 5.10 Å². The molecule has 0 aromatic carbocycles. The molecule has 0 bridgehead atoms. The third kappa shape index (κ3) is 1.39. The van der Waals surface area contributed by atoms with Gasteiger partial charge in [0.25, 0.3) is 0 Å². The first-order chi connectivity index (χ1) is 6.07. The molecule has 0 spiro atoms. The molecule has 0 aliphatic rings. The molecule has 2 aromatic heterocycles. The van der Waals surface area contributed by atoms with Crippen LogP contribution in [0, 0.1) is 0 Å². The summed E-state index contributed by atoms with van der Waals surface area (Å²) in [6.07, 6.45) is 3.23. The highest BCUT2D eigenvalue weighted by molar-refractivity contribution is 5.38. The Balaban J connectivity index is 2.61. The minimum Gasteiger partial charge on any atom is -0.241 e. The summed E-state index contributed by atoms with van der Waals surface area (Å²) >= 11 is 0. The zero-order chi connectivity index (χ0) is 9.47. The molecule has 2 aromatic rings. The van der Waals surface area contributed by atoms with Crippen LogP contribution in [0.3, 0.4) is 0 Å². The van der Waals surface area contributed by atoms with E-state index in [9.17, 15) is 0 Å². The molecule has 2 rings (SSSR count). The number of rotatable bonds is 0. The van der Waals surface area contributed by atoms with Crippen LogP contribution in [0.5, 0.6) is 0 Å². The average Bonchev–Trinajstić information content (AvgIpc) is 2.47. The maximum absolute atomic E-state index is 4.31. The zero-order valence-corrected chi connectivity index (χ0v) is 8.02. The second kappa shape index (κ2) is 2.52. The van der Waals surface area contributed by atoms with Gasteiger partial charge in [-0.15, -0.1) is 0 Å². The van der Waals surface area contributed by atoms with Crippen LogP contribution in [0.25, 0.3) is 5.65 Å². The van der Waals surface area contributed by atoms with E-state index in [4.69, 9.17) is 0 Å². The highest BCUT2D eigenvalue weighted by Crippen LogP contribution is 2.19. The van der Waals surface area contributed by atoms with Crippen molar-refractivity contribution < 1.29 is 0 Å². The monoisotopic (exact) mass is 176 g/mol. The van der Waals surface area contributed by atoms with Crippen molar-refractivity contribution in [1.82, 2.24) is 19.6 Å². The predicted molar refractivity (Wildman–Crippen MR) is 49.5 cm³/mol. The van der Waals surface area contributed by atoms with Crippen LogP contribution in [0.4, 0.5) is 0 Å². The first kappa shape index (κ1) is 8.16. The molecule has 68 valence electrons. The number of nitrogens with zero attached hydrogens (tertiary/aromatic N) is 4. The van der Waals surface area contributed by atoms with Gasteiger partial charge in [0, 0.05) is 11.5 Å². The lowest BCUT2D eigenvalue weighted by atomic mass is 9.92. The number of aromatic nitrogens is 4. The van der Waals surface area contributed by atoms with Crippen molar-refractivity contribution in [3.8, 4) is 0 Å². The van der Waals surface area contributed by atoms with Crippen molar-refractivity contribution >= 4 is 5.65 Å². The van der Waals surface area contributed by atoms with Gasteiger partial charge in [-0.25, -0.2) is 14.5 Å². The fourth-order valence-electron chi connectivity index (χ4n) is 1.14. The number of hydrogen-bond acceptors (Lipinski definition) is 3. The molecule has 0 aliphatic heterocycles. The summed E-state index contributed by atoms with van der Waals surface area (Å²) in [6, 6.07) is 1.97. The molecule has 0 N–H and O–H groups in total. The van der Waals surface area contributed by atoms with Crippen molar-refractivity contribution in [1.29, 1.82) is 0 Å². The predicted octanol–water partition coefficient (Wildman–Crippen LogP) is 1.42. The molecular weight excluding hydrogens is 164 g/mol. The molecule has 0 fully saturated rings. The highest BCUT2D eigenvalue weighted by atomic mass is 15.3. The lowest BCUT2D eigenvalue weighted by molar-refractivity contribution is 0.566. The minimum absolute atomic E-state index is 0.0632. The normalized spacial score (nSPS) is 12.2. The largest absolute Gasteiger partial charge is 0.241 e. The molecule has 13 heavy (non-hydrogen) atoms. The smallest absolute Gasteiger partial charge is 0.158 e. The Labute approximate surface area is 76.6 Å². The highest BCUT2D eigenvalue weighted by Gasteiger charge is 2.15. The first-order valence-corrected chi connectivity index (χ1v) is 4.23. The van der Waals surface area contributed by atoms with Crippen LogP contribution in [-0.4, -0.2) is 19.6 Å². The van der Waals surface area contributed by atoms with Gasteiger partial charge < -0.3 is 0 Å². The molecule has 0 aliphatic carbocycles. The van der Waals surface area contributed by atoms with E-state index >= 15 is 0 Å². The molecular formula is C9H12N4. The van der Waals surface area contributed by atoms with Gasteiger partial charge in [-0.1, -0.05) is 20.8 Å². The Bertz CT molecular complexity index is 424. The fraction of sp³-hybridized carbons (Fsp3) is 0.444. The molecule has 4 heteroatoms. The van der Waals surface area contributed by atoms with Gasteiger partial charge in [0.2, 0.25) is 0 Å². The molecule has 0 unspecified atom stereocenters. The Morgan fingerprint density at radius 3 is 2.69 bits per heavy atom. The van der Waals surface area contributed by atoms with E-state index in [1.807, 2.05) is 6.07 Å². The Kier molecular flexibility index (Phi) is 1.58. The summed E-state index contributed by atoms with van der Waals surface area (Å²) in [4.78, 5) is 8.42. The molecule has 0 radical (unpaired) electrons. The van der Waals surface area contributed by atoms with Gasteiger partial charge in [-0.05, 0) is 0 Å². The molecule has 0 saturated carbocycles. The Hall–Kier alpha value is -1.45. The van der Waals surface area contributed by atoms with Gasteiger partial charge in [0.1, 0.15) is 12.7 Å². The second-order valence-corrected chi connectivity index (χ2v) is 4.09. The Morgan fingerprint density at radius 1 is 1.23 bits per heavy atom. The van der Waals surface area contributed by atoms with E-state index in [2.05, 4.69) is 35.8 Å². The number of hydrogen-bond donors (Lipinski definition) is 0. The van der Waals surface area contributed by atoms with Crippen LogP contribution in [0.1, 0.15) is 26.5 Å². The molecule has 0 amide bonds. The van der Waals surface area contributed by atoms with Crippen LogP contribution in [0.15, 0.2) is 18.7 Å². The van der Waals surface area contributed by atoms with Crippen molar-refractivity contribution in [2.75, 3.05) is 0 Å². The minimum atomic E-state index is 0.0632. The van der Waals surface area contributed by atoms with Crippen LogP contribution < -0.4 is 0 Å². The molecule has 2 heterocycles. The summed E-state index contributed by atoms with van der Waals surface area (Å²) in [5, 5.41) is 3.98. The average molecular weight is 176 g/mol. The van der Waals surface area contributed by atoms with Crippen molar-refractivity contribution in [2.45, 2.75) is 26.2 Å². The third-order valence-electron chi connectivity index (χ3n) is 1.94. The summed E-state index contributed by atoms with van der Waals surface area (Å²) in [5.74, 6) is 0. The van der Waals surface area contributed by atoms with E-state index < -0.39 is 0 Å². The maximum Gasteiger partial charge on any atom is 0.158 e. The summed E-state index contributed by atoms with van der Waals surface area (Å²) in [6.45, 7) is 6.38. The van der Waals surface area contributed by atoms with Crippen LogP contribution in [0.2, 0.25) is 0 Å². The fourth-order valence-corrected chi connectivity index (χ4v) is 1.14. The van der Waals surface area contributed by atoms with E-state index in [-0.39, 0.29) is 5.41 Å². The third-order valence-corrected chi connectivity index (χ3v) is 1.94. The van der Waals surface area contributed by atoms with E-state index in [0.717, 1.165) is 11.3 Å². The van der Waals surface area contributed by atoms with Crippen LogP contribution in [-0.2, 0) is 5.41 Å². The van der Waals surface area contributed by atoms with E-state index in [1.54, 1.807) is 10.8 Å². The van der Waals surface area contributed by atoms with Gasteiger partial charge in [0.15, 0.2) is 5.65 Å². The van der Waals surface area contributed by atoms with Crippen LogP contribution >= 0.6 is 0 Å². The Morgan fingerprint density at radius 2 is 2.00 bits per heavy atom. The lowest BCUT2D eigenvalue weighted by Crippen LogP contribution is -2.14. The van der Waals surface area contributed by atoms with Crippen molar-refractivity contribution in [3.05, 3.63) is 24.4 Å². The standard InChI is InChI=1S/C9H12N4/c1-9(2,3)7-4-8-10-5-12-13(8)6-11-7/h4-6H,1-3H3. The van der Waals surface area contributed by atoms with Gasteiger partial charge in [0.05, 0.1) is 5.69 Å². The molecule has 4 nitrogen and oxygen atoms in total. The van der Waals surface area contributed by atoms with Crippen molar-refractivity contribution in [3.63, 3.8) is 0 Å². The summed E-state index contributed by atoms with van der Waals surface area (Å²) in [5.41, 5.74) is 1.95. The summed E-state index contributed by atoms with van der Waals surface area (Å²) < 4.78 is 1.66. The quantitative estimate of drug-likeness (QED) is 0.609. The van der Waals surface area contributed by atoms with Gasteiger partial charge in [-0.3, -0.25) is 0 Å². The molecule has 0 saturated heterocycles. The van der Waals surface area contributed by atoms with E-state index in [0.29, 0.717) is 0 Å². The first-order valence-electron chi connectivity index (χ1n) is 4.23. The van der Waals surface area contributed by atoms with Crippen molar-refractivity contribution in [2.24, 2.45) is 0 Å². The topological polar surface area (TPSA) is 43.1 Å². The van der Waals surface area contributed by atoms with Gasteiger partial charge >= 0.3 is 0 Å². The lowest BCUT2D eigenvalue weighted by Gasteiger charge is -2.16. The SMILES string of the molecule is CC(C)(C)c1cc2ncnn2cn1. The maximum atomic E-state index is 4.31. The second-order valence-electron chi connectivity index (χ2n) is 4.09. The summed E-state index contributed by atoms with van der Waals surface area (Å²) in [7, 11) is 0. The molecule has 0 atom stereocenters. The zero-order valence-electron chi connectivity index (χ0n) is 8.02. The number of fused-ring (bicyclic) bond motifs is 1.